The molecule has 0 fully saturated rings. The van der Waals surface area contributed by atoms with E-state index in [1.807, 2.05) is 0 Å². The number of hydrogen-bond donors (Lipinski definition) is 4. The standard InChI is InChI=1S/C41H79NO4/c1-3-5-7-9-11-13-15-17-18-19-20-21-22-23-24-25-27-29-31-33-35-39(44)41(46)38(37-43)42-40(45)36-34-32-30-28-26-16-14-12-10-8-6-4-2/h12,14,27,29,38-39,41,43-44,46H,3-11,13,15-26,28,30-37H2,1-2H3,(H,42,45)/b14-12-,29-27+. The molecule has 3 unspecified atom stereocenters. The van der Waals surface area contributed by atoms with Crippen molar-refractivity contribution >= 4 is 5.91 Å². The molecule has 1 amide bonds. The van der Waals surface area contributed by atoms with Crippen molar-refractivity contribution in [2.75, 3.05) is 6.61 Å². The lowest BCUT2D eigenvalue weighted by atomic mass is 10.0. The number of aliphatic hydroxyl groups excluding tert-OH is 3. The highest BCUT2D eigenvalue weighted by molar-refractivity contribution is 5.76. The van der Waals surface area contributed by atoms with Gasteiger partial charge >= 0.3 is 0 Å². The molecular formula is C41H79NO4. The Kier molecular flexibility index (Phi) is 35.7. The number of carbonyl (C=O) groups is 1. The third-order valence-electron chi connectivity index (χ3n) is 9.28. The summed E-state index contributed by atoms with van der Waals surface area (Å²) in [7, 11) is 0. The molecule has 0 spiro atoms. The highest BCUT2D eigenvalue weighted by Crippen LogP contribution is 2.15. The van der Waals surface area contributed by atoms with Crippen LogP contribution in [0.4, 0.5) is 0 Å². The first-order chi connectivity index (χ1) is 22.6. The summed E-state index contributed by atoms with van der Waals surface area (Å²) >= 11 is 0. The van der Waals surface area contributed by atoms with E-state index in [1.165, 1.54) is 135 Å². The minimum absolute atomic E-state index is 0.165. The van der Waals surface area contributed by atoms with E-state index < -0.39 is 18.2 Å². The minimum Gasteiger partial charge on any atom is -0.394 e. The molecule has 0 saturated heterocycles. The monoisotopic (exact) mass is 650 g/mol. The molecule has 0 aromatic carbocycles. The van der Waals surface area contributed by atoms with Gasteiger partial charge in [-0.3, -0.25) is 4.79 Å². The van der Waals surface area contributed by atoms with Crippen LogP contribution in [0.3, 0.4) is 0 Å². The Morgan fingerprint density at radius 2 is 0.870 bits per heavy atom. The van der Waals surface area contributed by atoms with Gasteiger partial charge in [0, 0.05) is 6.42 Å². The van der Waals surface area contributed by atoms with Crippen LogP contribution < -0.4 is 5.32 Å². The van der Waals surface area contributed by atoms with Crippen LogP contribution in [0, 0.1) is 0 Å². The zero-order valence-corrected chi connectivity index (χ0v) is 30.7. The predicted molar refractivity (Wildman–Crippen MR) is 199 cm³/mol. The molecule has 46 heavy (non-hydrogen) atoms. The van der Waals surface area contributed by atoms with Gasteiger partial charge in [-0.15, -0.1) is 0 Å². The fraction of sp³-hybridized carbons (Fsp3) is 0.878. The SMILES string of the molecule is CCCCC/C=C\CCCCCCCC(=O)NC(CO)C(O)C(O)CCC/C=C/CCCCCCCCCCCCCCCCC. The van der Waals surface area contributed by atoms with Crippen molar-refractivity contribution in [2.24, 2.45) is 0 Å². The van der Waals surface area contributed by atoms with E-state index in [4.69, 9.17) is 0 Å². The van der Waals surface area contributed by atoms with E-state index in [1.54, 1.807) is 0 Å². The van der Waals surface area contributed by atoms with Crippen molar-refractivity contribution < 1.29 is 20.1 Å². The first-order valence-corrected chi connectivity index (χ1v) is 20.1. The minimum atomic E-state index is -1.16. The summed E-state index contributed by atoms with van der Waals surface area (Å²) in [6.07, 6.45) is 42.8. The largest absolute Gasteiger partial charge is 0.394 e. The van der Waals surface area contributed by atoms with Crippen molar-refractivity contribution in [3.8, 4) is 0 Å². The lowest BCUT2D eigenvalue weighted by Gasteiger charge is -2.26. The molecule has 5 heteroatoms. The molecule has 0 aliphatic heterocycles. The maximum Gasteiger partial charge on any atom is 0.220 e. The normalized spacial score (nSPS) is 13.9. The summed E-state index contributed by atoms with van der Waals surface area (Å²) in [5.41, 5.74) is 0. The van der Waals surface area contributed by atoms with E-state index in [0.29, 0.717) is 12.8 Å². The first kappa shape index (κ1) is 44.8. The summed E-state index contributed by atoms with van der Waals surface area (Å²) in [6.45, 7) is 4.13. The summed E-state index contributed by atoms with van der Waals surface area (Å²) in [5.74, 6) is -0.165. The third-order valence-corrected chi connectivity index (χ3v) is 9.28. The molecule has 0 heterocycles. The van der Waals surface area contributed by atoms with E-state index in [2.05, 4.69) is 43.5 Å². The van der Waals surface area contributed by atoms with Crippen LogP contribution in [-0.4, -0.2) is 46.1 Å². The molecule has 0 saturated carbocycles. The fourth-order valence-electron chi connectivity index (χ4n) is 6.10. The van der Waals surface area contributed by atoms with Crippen molar-refractivity contribution in [2.45, 2.75) is 225 Å². The molecule has 5 nitrogen and oxygen atoms in total. The van der Waals surface area contributed by atoms with Crippen molar-refractivity contribution in [1.29, 1.82) is 0 Å². The molecule has 0 aliphatic rings. The lowest BCUT2D eigenvalue weighted by molar-refractivity contribution is -0.124. The maximum atomic E-state index is 12.3. The number of allylic oxidation sites excluding steroid dienone is 4. The van der Waals surface area contributed by atoms with Crippen LogP contribution in [-0.2, 0) is 4.79 Å². The Morgan fingerprint density at radius 1 is 0.522 bits per heavy atom. The molecule has 0 radical (unpaired) electrons. The van der Waals surface area contributed by atoms with Gasteiger partial charge in [0.1, 0.15) is 6.10 Å². The molecule has 3 atom stereocenters. The number of unbranched alkanes of at least 4 members (excludes halogenated alkanes) is 24. The number of hydrogen-bond acceptors (Lipinski definition) is 4. The van der Waals surface area contributed by atoms with Crippen molar-refractivity contribution in [1.82, 2.24) is 5.32 Å². The molecule has 0 aliphatic carbocycles. The second-order valence-corrected chi connectivity index (χ2v) is 13.8. The van der Waals surface area contributed by atoms with Crippen LogP contribution in [0.2, 0.25) is 0 Å². The Balaban J connectivity index is 3.68. The lowest BCUT2D eigenvalue weighted by Crippen LogP contribution is -2.50. The highest BCUT2D eigenvalue weighted by Gasteiger charge is 2.26. The predicted octanol–water partition coefficient (Wildman–Crippen LogP) is 11.0. The van der Waals surface area contributed by atoms with Crippen molar-refractivity contribution in [3.05, 3.63) is 24.3 Å². The molecule has 0 rings (SSSR count). The van der Waals surface area contributed by atoms with Gasteiger partial charge in [0.05, 0.1) is 18.8 Å². The van der Waals surface area contributed by atoms with Crippen LogP contribution in [0.25, 0.3) is 0 Å². The fourth-order valence-corrected chi connectivity index (χ4v) is 6.10. The smallest absolute Gasteiger partial charge is 0.220 e. The topological polar surface area (TPSA) is 89.8 Å². The van der Waals surface area contributed by atoms with E-state index >= 15 is 0 Å². The van der Waals surface area contributed by atoms with Crippen LogP contribution >= 0.6 is 0 Å². The highest BCUT2D eigenvalue weighted by atomic mass is 16.3. The Morgan fingerprint density at radius 3 is 1.30 bits per heavy atom. The van der Waals surface area contributed by atoms with Gasteiger partial charge in [0.2, 0.25) is 5.91 Å². The number of nitrogens with one attached hydrogen (secondary N) is 1. The van der Waals surface area contributed by atoms with Gasteiger partial charge in [-0.25, -0.2) is 0 Å². The number of amides is 1. The molecule has 4 N–H and O–H groups in total. The van der Waals surface area contributed by atoms with Crippen LogP contribution in [0.1, 0.15) is 206 Å². The Labute approximate surface area is 286 Å². The number of rotatable bonds is 36. The van der Waals surface area contributed by atoms with Gasteiger partial charge in [-0.1, -0.05) is 160 Å². The molecule has 0 bridgehead atoms. The van der Waals surface area contributed by atoms with Crippen LogP contribution in [0.5, 0.6) is 0 Å². The van der Waals surface area contributed by atoms with E-state index in [-0.39, 0.29) is 12.5 Å². The Hall–Kier alpha value is -1.17. The second kappa shape index (κ2) is 36.7. The number of aliphatic hydroxyl groups is 3. The molecular weight excluding hydrogens is 570 g/mol. The summed E-state index contributed by atoms with van der Waals surface area (Å²) in [6, 6.07) is -0.827. The number of carbonyl (C=O) groups excluding carboxylic acids is 1. The van der Waals surface area contributed by atoms with Crippen molar-refractivity contribution in [3.63, 3.8) is 0 Å². The van der Waals surface area contributed by atoms with Gasteiger partial charge in [0.15, 0.2) is 0 Å². The molecule has 272 valence electrons. The molecule has 0 aromatic rings. The summed E-state index contributed by atoms with van der Waals surface area (Å²) in [5, 5.41) is 33.4. The van der Waals surface area contributed by atoms with Gasteiger partial charge in [-0.05, 0) is 64.2 Å². The van der Waals surface area contributed by atoms with Gasteiger partial charge in [-0.2, -0.15) is 0 Å². The summed E-state index contributed by atoms with van der Waals surface area (Å²) < 4.78 is 0. The van der Waals surface area contributed by atoms with E-state index in [0.717, 1.165) is 44.9 Å². The zero-order chi connectivity index (χ0) is 33.8. The van der Waals surface area contributed by atoms with Gasteiger partial charge < -0.3 is 20.6 Å². The quantitative estimate of drug-likeness (QED) is 0.0401. The first-order valence-electron chi connectivity index (χ1n) is 20.1. The molecule has 0 aromatic heterocycles. The van der Waals surface area contributed by atoms with E-state index in [9.17, 15) is 20.1 Å². The van der Waals surface area contributed by atoms with Crippen LogP contribution in [0.15, 0.2) is 24.3 Å². The van der Waals surface area contributed by atoms with Gasteiger partial charge in [0.25, 0.3) is 0 Å². The third kappa shape index (κ3) is 31.4. The average Bonchev–Trinajstić information content (AvgIpc) is 3.06. The summed E-state index contributed by atoms with van der Waals surface area (Å²) in [4.78, 5) is 12.3. The maximum absolute atomic E-state index is 12.3. The second-order valence-electron chi connectivity index (χ2n) is 13.8. The average molecular weight is 650 g/mol. The zero-order valence-electron chi connectivity index (χ0n) is 30.7. The Bertz CT molecular complexity index is 679.